The first-order valence-electron chi connectivity index (χ1n) is 15.5. The van der Waals surface area contributed by atoms with E-state index in [-0.39, 0.29) is 5.92 Å². The Hall–Kier alpha value is -4.19. The zero-order valence-electron chi connectivity index (χ0n) is 24.9. The minimum atomic E-state index is 0.188. The lowest BCUT2D eigenvalue weighted by molar-refractivity contribution is 0.256. The second kappa shape index (κ2) is 14.5. The highest BCUT2D eigenvalue weighted by atomic mass is 35.5. The number of rotatable bonds is 11. The molecule has 0 saturated heterocycles. The molecule has 6 heteroatoms. The standard InChI is InChI=1S/C38H38ClN3O2/c39-31-18-19-32-34(23-31)41-37(42-38(32)33(24-40)30-14-8-3-9-15-30)21-17-27-16-20-35(43-25-28-10-4-1-5-11-28)36(22-27)44-26-29-12-6-2-7-13-29/h1-2,4-7,10-13,16-23,30,33H,3,8-9,14-15,24-26,40H2. The molecule has 1 atom stereocenters. The SMILES string of the molecule is NCC(c1nc(C=Cc2ccc(OCc3ccccc3)c(OCc3ccccc3)c2)nc2cc(Cl)ccc12)C1CCCCC1. The summed E-state index contributed by atoms with van der Waals surface area (Å²) < 4.78 is 12.5. The molecule has 224 valence electrons. The maximum Gasteiger partial charge on any atom is 0.162 e. The first kappa shape index (κ1) is 29.9. The molecule has 6 rings (SSSR count). The van der Waals surface area contributed by atoms with E-state index in [0.29, 0.717) is 48.0 Å². The molecule has 1 heterocycles. The Labute approximate surface area is 264 Å². The second-order valence-corrected chi connectivity index (χ2v) is 11.9. The van der Waals surface area contributed by atoms with E-state index in [1.807, 2.05) is 84.9 Å². The number of hydrogen-bond donors (Lipinski definition) is 1. The molecule has 1 aliphatic rings. The maximum atomic E-state index is 6.40. The lowest BCUT2D eigenvalue weighted by atomic mass is 9.77. The molecule has 1 fully saturated rings. The van der Waals surface area contributed by atoms with Crippen molar-refractivity contribution in [2.24, 2.45) is 11.7 Å². The van der Waals surface area contributed by atoms with Gasteiger partial charge in [-0.2, -0.15) is 0 Å². The molecule has 44 heavy (non-hydrogen) atoms. The van der Waals surface area contributed by atoms with Gasteiger partial charge in [0.05, 0.1) is 11.2 Å². The molecule has 0 aliphatic heterocycles. The van der Waals surface area contributed by atoms with Crippen LogP contribution in [0.5, 0.6) is 11.5 Å². The van der Waals surface area contributed by atoms with E-state index >= 15 is 0 Å². The molecule has 1 saturated carbocycles. The van der Waals surface area contributed by atoms with Crippen LogP contribution in [-0.4, -0.2) is 16.5 Å². The Morgan fingerprint density at radius 3 is 2.11 bits per heavy atom. The Morgan fingerprint density at radius 1 is 0.750 bits per heavy atom. The maximum absolute atomic E-state index is 6.40. The van der Waals surface area contributed by atoms with Crippen molar-refractivity contribution in [2.45, 2.75) is 51.2 Å². The van der Waals surface area contributed by atoms with E-state index < -0.39 is 0 Å². The van der Waals surface area contributed by atoms with E-state index in [1.165, 1.54) is 32.1 Å². The molecule has 5 aromatic rings. The fraction of sp³-hybridized carbons (Fsp3) is 0.263. The van der Waals surface area contributed by atoms with Gasteiger partial charge < -0.3 is 15.2 Å². The summed E-state index contributed by atoms with van der Waals surface area (Å²) in [5.74, 6) is 2.74. The van der Waals surface area contributed by atoms with Crippen LogP contribution in [0.3, 0.4) is 0 Å². The molecule has 4 aromatic carbocycles. The average molecular weight is 604 g/mol. The van der Waals surface area contributed by atoms with Crippen molar-refractivity contribution >= 4 is 34.7 Å². The van der Waals surface area contributed by atoms with Crippen LogP contribution in [0.25, 0.3) is 23.1 Å². The summed E-state index contributed by atoms with van der Waals surface area (Å²) in [6.07, 6.45) is 10.2. The summed E-state index contributed by atoms with van der Waals surface area (Å²) in [5, 5.41) is 1.69. The highest BCUT2D eigenvalue weighted by Crippen LogP contribution is 2.38. The number of hydrogen-bond acceptors (Lipinski definition) is 5. The van der Waals surface area contributed by atoms with Crippen molar-refractivity contribution in [3.63, 3.8) is 0 Å². The van der Waals surface area contributed by atoms with Gasteiger partial charge in [-0.3, -0.25) is 0 Å². The summed E-state index contributed by atoms with van der Waals surface area (Å²) in [6.45, 7) is 1.46. The second-order valence-electron chi connectivity index (χ2n) is 11.5. The van der Waals surface area contributed by atoms with E-state index in [2.05, 4.69) is 24.3 Å². The van der Waals surface area contributed by atoms with Gasteiger partial charge in [0, 0.05) is 22.9 Å². The van der Waals surface area contributed by atoms with Crippen LogP contribution in [0.2, 0.25) is 5.02 Å². The third-order valence-corrected chi connectivity index (χ3v) is 8.63. The zero-order chi connectivity index (χ0) is 30.1. The van der Waals surface area contributed by atoms with Crippen LogP contribution < -0.4 is 15.2 Å². The lowest BCUT2D eigenvalue weighted by Crippen LogP contribution is -2.25. The van der Waals surface area contributed by atoms with Crippen LogP contribution in [0, 0.1) is 5.92 Å². The molecule has 0 radical (unpaired) electrons. The zero-order valence-corrected chi connectivity index (χ0v) is 25.6. The van der Waals surface area contributed by atoms with Crippen LogP contribution >= 0.6 is 11.6 Å². The van der Waals surface area contributed by atoms with Gasteiger partial charge in [0.15, 0.2) is 17.3 Å². The Balaban J connectivity index is 1.30. The van der Waals surface area contributed by atoms with Gasteiger partial charge in [0.1, 0.15) is 13.2 Å². The average Bonchev–Trinajstić information content (AvgIpc) is 3.07. The Bertz CT molecular complexity index is 1700. The first-order chi connectivity index (χ1) is 21.7. The minimum absolute atomic E-state index is 0.188. The summed E-state index contributed by atoms with van der Waals surface area (Å²) in [4.78, 5) is 9.97. The topological polar surface area (TPSA) is 70.3 Å². The summed E-state index contributed by atoms with van der Waals surface area (Å²) in [7, 11) is 0. The number of nitrogens with two attached hydrogens (primary N) is 1. The van der Waals surface area contributed by atoms with Gasteiger partial charge >= 0.3 is 0 Å². The largest absolute Gasteiger partial charge is 0.485 e. The Kier molecular flexibility index (Phi) is 9.86. The molecule has 0 spiro atoms. The molecule has 0 bridgehead atoms. The molecule has 1 aliphatic carbocycles. The van der Waals surface area contributed by atoms with E-state index in [0.717, 1.165) is 33.3 Å². The molecular weight excluding hydrogens is 566 g/mol. The number of ether oxygens (including phenoxy) is 2. The number of benzene rings is 4. The molecule has 1 aromatic heterocycles. The smallest absolute Gasteiger partial charge is 0.162 e. The van der Waals surface area contributed by atoms with Crippen LogP contribution in [-0.2, 0) is 13.2 Å². The van der Waals surface area contributed by atoms with Gasteiger partial charge in [0.2, 0.25) is 0 Å². The van der Waals surface area contributed by atoms with E-state index in [4.69, 9.17) is 36.8 Å². The Morgan fingerprint density at radius 2 is 1.43 bits per heavy atom. The van der Waals surface area contributed by atoms with Crippen molar-refractivity contribution in [3.8, 4) is 11.5 Å². The predicted octanol–water partition coefficient (Wildman–Crippen LogP) is 9.23. The van der Waals surface area contributed by atoms with Gasteiger partial charge in [-0.25, -0.2) is 9.97 Å². The van der Waals surface area contributed by atoms with Crippen LogP contribution in [0.4, 0.5) is 0 Å². The summed E-state index contributed by atoms with van der Waals surface area (Å²) in [6, 6.07) is 32.1. The molecule has 1 unspecified atom stereocenters. The molecule has 2 N–H and O–H groups in total. The highest BCUT2D eigenvalue weighted by Gasteiger charge is 2.27. The first-order valence-corrected chi connectivity index (χ1v) is 15.9. The fourth-order valence-electron chi connectivity index (χ4n) is 6.07. The normalized spacial score (nSPS) is 14.6. The molecule has 5 nitrogen and oxygen atoms in total. The number of halogens is 1. The quantitative estimate of drug-likeness (QED) is 0.163. The number of fused-ring (bicyclic) bond motifs is 1. The van der Waals surface area contributed by atoms with Gasteiger partial charge in [-0.05, 0) is 71.9 Å². The fourth-order valence-corrected chi connectivity index (χ4v) is 6.24. The lowest BCUT2D eigenvalue weighted by Gasteiger charge is -2.29. The number of nitrogens with zero attached hydrogens (tertiary/aromatic N) is 2. The molecule has 0 amide bonds. The summed E-state index contributed by atoms with van der Waals surface area (Å²) >= 11 is 6.40. The number of aromatic nitrogens is 2. The summed E-state index contributed by atoms with van der Waals surface area (Å²) in [5.41, 5.74) is 11.4. The van der Waals surface area contributed by atoms with Crippen molar-refractivity contribution in [3.05, 3.63) is 130 Å². The highest BCUT2D eigenvalue weighted by molar-refractivity contribution is 6.31. The molecular formula is C38H38ClN3O2. The predicted molar refractivity (Wildman–Crippen MR) is 180 cm³/mol. The third-order valence-electron chi connectivity index (χ3n) is 8.40. The van der Waals surface area contributed by atoms with Crippen LogP contribution in [0.1, 0.15) is 66.2 Å². The van der Waals surface area contributed by atoms with Crippen LogP contribution in [0.15, 0.2) is 97.1 Å². The van der Waals surface area contributed by atoms with E-state index in [1.54, 1.807) is 0 Å². The van der Waals surface area contributed by atoms with Crippen molar-refractivity contribution in [1.29, 1.82) is 0 Å². The van der Waals surface area contributed by atoms with Crippen molar-refractivity contribution in [1.82, 2.24) is 9.97 Å². The van der Waals surface area contributed by atoms with Gasteiger partial charge in [-0.15, -0.1) is 0 Å². The third kappa shape index (κ3) is 7.47. The van der Waals surface area contributed by atoms with Gasteiger partial charge in [0.25, 0.3) is 0 Å². The monoisotopic (exact) mass is 603 g/mol. The van der Waals surface area contributed by atoms with Crippen molar-refractivity contribution < 1.29 is 9.47 Å². The minimum Gasteiger partial charge on any atom is -0.485 e. The van der Waals surface area contributed by atoms with Gasteiger partial charge in [-0.1, -0.05) is 104 Å². The van der Waals surface area contributed by atoms with Crippen molar-refractivity contribution in [2.75, 3.05) is 6.54 Å². The van der Waals surface area contributed by atoms with E-state index in [9.17, 15) is 0 Å².